The van der Waals surface area contributed by atoms with Crippen LogP contribution in [0.1, 0.15) is 18.4 Å². The summed E-state index contributed by atoms with van der Waals surface area (Å²) in [5.41, 5.74) is 0. The first-order chi connectivity index (χ1) is 10.4. The third-order valence-electron chi connectivity index (χ3n) is 4.52. The van der Waals surface area contributed by atoms with Crippen molar-refractivity contribution in [1.82, 2.24) is 9.62 Å². The Bertz CT molecular complexity index is 613. The molecule has 6 nitrogen and oxygen atoms in total. The number of sulfonamides is 1. The zero-order chi connectivity index (χ0) is 15.7. The van der Waals surface area contributed by atoms with E-state index in [2.05, 4.69) is 16.5 Å². The molecule has 1 aromatic rings. The van der Waals surface area contributed by atoms with E-state index in [0.29, 0.717) is 25.0 Å². The first kappa shape index (κ1) is 16.0. The first-order valence-electron chi connectivity index (χ1n) is 7.79. The summed E-state index contributed by atoms with van der Waals surface area (Å²) in [5, 5.41) is 0. The van der Waals surface area contributed by atoms with Gasteiger partial charge in [0.2, 0.25) is 10.0 Å². The molecule has 1 aromatic heterocycles. The summed E-state index contributed by atoms with van der Waals surface area (Å²) in [4.78, 5) is 2.33. The number of hydrogen-bond donors (Lipinski definition) is 1. The standard InChI is InChI=1S/C15H24N2O4S/c1-3-12-4-5-13(21-12)7-17-6-11-9-20-10-15(14(11)8-17)16-22(2,18)19/h4-5,11,14-16H,3,6-10H2,1-2H3/t11-,14-,15-/m1/s1. The van der Waals surface area contributed by atoms with Gasteiger partial charge in [0.1, 0.15) is 11.5 Å². The summed E-state index contributed by atoms with van der Waals surface area (Å²) in [6.07, 6.45) is 2.11. The Morgan fingerprint density at radius 1 is 1.27 bits per heavy atom. The molecule has 3 atom stereocenters. The molecule has 0 amide bonds. The number of ether oxygens (including phenoxy) is 1. The molecule has 3 heterocycles. The van der Waals surface area contributed by atoms with Crippen LogP contribution in [0, 0.1) is 11.8 Å². The molecule has 2 aliphatic heterocycles. The number of fused-ring (bicyclic) bond motifs is 1. The van der Waals surface area contributed by atoms with Crippen molar-refractivity contribution in [2.45, 2.75) is 25.9 Å². The van der Waals surface area contributed by atoms with Crippen LogP contribution in [0.5, 0.6) is 0 Å². The monoisotopic (exact) mass is 328 g/mol. The van der Waals surface area contributed by atoms with E-state index in [-0.39, 0.29) is 6.04 Å². The molecule has 2 fully saturated rings. The molecule has 2 aliphatic rings. The molecule has 7 heteroatoms. The van der Waals surface area contributed by atoms with Crippen LogP contribution in [0.25, 0.3) is 0 Å². The van der Waals surface area contributed by atoms with E-state index < -0.39 is 10.0 Å². The number of nitrogens with zero attached hydrogens (tertiary/aromatic N) is 1. The van der Waals surface area contributed by atoms with Crippen LogP contribution >= 0.6 is 0 Å². The fourth-order valence-corrected chi connectivity index (χ4v) is 4.33. The normalized spacial score (nSPS) is 29.6. The SMILES string of the molecule is CCc1ccc(CN2C[C@@H]3COC[C@@H](NS(C)(=O)=O)[C@@H]3C2)o1. The largest absolute Gasteiger partial charge is 0.465 e. The summed E-state index contributed by atoms with van der Waals surface area (Å²) in [6.45, 7) is 5.83. The summed E-state index contributed by atoms with van der Waals surface area (Å²) >= 11 is 0. The van der Waals surface area contributed by atoms with Crippen molar-refractivity contribution in [3.05, 3.63) is 23.7 Å². The van der Waals surface area contributed by atoms with Gasteiger partial charge in [0.15, 0.2) is 0 Å². The van der Waals surface area contributed by atoms with E-state index in [1.807, 2.05) is 12.1 Å². The van der Waals surface area contributed by atoms with Gasteiger partial charge in [-0.2, -0.15) is 0 Å². The maximum Gasteiger partial charge on any atom is 0.209 e. The molecule has 0 aliphatic carbocycles. The van der Waals surface area contributed by atoms with Crippen LogP contribution in [-0.2, 0) is 27.7 Å². The van der Waals surface area contributed by atoms with Gasteiger partial charge < -0.3 is 9.15 Å². The van der Waals surface area contributed by atoms with Crippen molar-refractivity contribution in [2.75, 3.05) is 32.6 Å². The summed E-state index contributed by atoms with van der Waals surface area (Å²) in [7, 11) is -3.21. The zero-order valence-corrected chi connectivity index (χ0v) is 13.9. The Morgan fingerprint density at radius 2 is 2.05 bits per heavy atom. The van der Waals surface area contributed by atoms with Crippen LogP contribution in [-0.4, -0.2) is 51.9 Å². The molecule has 0 unspecified atom stereocenters. The van der Waals surface area contributed by atoms with E-state index in [1.165, 1.54) is 6.26 Å². The van der Waals surface area contributed by atoms with E-state index in [0.717, 1.165) is 37.6 Å². The summed E-state index contributed by atoms with van der Waals surface area (Å²) in [6, 6.07) is 3.93. The van der Waals surface area contributed by atoms with Gasteiger partial charge in [-0.3, -0.25) is 4.90 Å². The van der Waals surface area contributed by atoms with Crippen LogP contribution in [0.2, 0.25) is 0 Å². The number of likely N-dealkylation sites (tertiary alicyclic amines) is 1. The highest BCUT2D eigenvalue weighted by molar-refractivity contribution is 7.88. The topological polar surface area (TPSA) is 71.8 Å². The molecule has 3 rings (SSSR count). The molecular formula is C15H24N2O4S. The van der Waals surface area contributed by atoms with Gasteiger partial charge in [-0.1, -0.05) is 6.92 Å². The minimum Gasteiger partial charge on any atom is -0.465 e. The number of furan rings is 1. The summed E-state index contributed by atoms with van der Waals surface area (Å²) in [5.74, 6) is 2.67. The van der Waals surface area contributed by atoms with Gasteiger partial charge in [-0.15, -0.1) is 0 Å². The Hall–Kier alpha value is -0.890. The van der Waals surface area contributed by atoms with Gasteiger partial charge in [-0.25, -0.2) is 13.1 Å². The highest BCUT2D eigenvalue weighted by Gasteiger charge is 2.42. The highest BCUT2D eigenvalue weighted by Crippen LogP contribution is 2.31. The minimum atomic E-state index is -3.21. The van der Waals surface area contributed by atoms with E-state index in [1.54, 1.807) is 0 Å². The van der Waals surface area contributed by atoms with Crippen LogP contribution in [0.15, 0.2) is 16.5 Å². The molecule has 0 saturated carbocycles. The van der Waals surface area contributed by atoms with Gasteiger partial charge in [0.25, 0.3) is 0 Å². The van der Waals surface area contributed by atoms with Crippen LogP contribution in [0.4, 0.5) is 0 Å². The summed E-state index contributed by atoms with van der Waals surface area (Å²) < 4.78 is 37.1. The van der Waals surface area contributed by atoms with Crippen LogP contribution in [0.3, 0.4) is 0 Å². The molecular weight excluding hydrogens is 304 g/mol. The van der Waals surface area contributed by atoms with Crippen molar-refractivity contribution in [2.24, 2.45) is 11.8 Å². The third-order valence-corrected chi connectivity index (χ3v) is 5.25. The van der Waals surface area contributed by atoms with Gasteiger partial charge in [0.05, 0.1) is 26.0 Å². The maximum atomic E-state index is 11.5. The Kier molecular flexibility index (Phi) is 4.59. The van der Waals surface area contributed by atoms with Crippen molar-refractivity contribution in [3.63, 3.8) is 0 Å². The Balaban J connectivity index is 1.63. The number of hydrogen-bond acceptors (Lipinski definition) is 5. The molecule has 0 radical (unpaired) electrons. The Labute approximate surface area is 131 Å². The van der Waals surface area contributed by atoms with Gasteiger partial charge in [-0.05, 0) is 18.1 Å². The zero-order valence-electron chi connectivity index (χ0n) is 13.1. The lowest BCUT2D eigenvalue weighted by Gasteiger charge is -2.32. The fourth-order valence-electron chi connectivity index (χ4n) is 3.53. The lowest BCUT2D eigenvalue weighted by Crippen LogP contribution is -2.49. The van der Waals surface area contributed by atoms with E-state index in [9.17, 15) is 8.42 Å². The maximum absolute atomic E-state index is 11.5. The molecule has 0 aromatic carbocycles. The minimum absolute atomic E-state index is 0.124. The predicted molar refractivity (Wildman–Crippen MR) is 82.9 cm³/mol. The first-order valence-corrected chi connectivity index (χ1v) is 9.68. The van der Waals surface area contributed by atoms with Crippen molar-refractivity contribution in [3.8, 4) is 0 Å². The number of aryl methyl sites for hydroxylation is 1. The molecule has 1 N–H and O–H groups in total. The fraction of sp³-hybridized carbons (Fsp3) is 0.733. The Morgan fingerprint density at radius 3 is 2.73 bits per heavy atom. The lowest BCUT2D eigenvalue weighted by molar-refractivity contribution is 0.0164. The quantitative estimate of drug-likeness (QED) is 0.867. The van der Waals surface area contributed by atoms with Crippen LogP contribution < -0.4 is 4.72 Å². The number of nitrogens with one attached hydrogen (secondary N) is 1. The second-order valence-electron chi connectivity index (χ2n) is 6.37. The molecule has 124 valence electrons. The van der Waals surface area contributed by atoms with E-state index >= 15 is 0 Å². The smallest absolute Gasteiger partial charge is 0.209 e. The third kappa shape index (κ3) is 3.71. The second-order valence-corrected chi connectivity index (χ2v) is 8.15. The van der Waals surface area contributed by atoms with Crippen molar-refractivity contribution >= 4 is 10.0 Å². The van der Waals surface area contributed by atoms with E-state index in [4.69, 9.17) is 9.15 Å². The predicted octanol–water partition coefficient (Wildman–Crippen LogP) is 0.838. The average molecular weight is 328 g/mol. The van der Waals surface area contributed by atoms with Crippen molar-refractivity contribution < 1.29 is 17.6 Å². The van der Waals surface area contributed by atoms with Gasteiger partial charge in [0, 0.05) is 31.5 Å². The lowest BCUT2D eigenvalue weighted by atomic mass is 9.88. The second kappa shape index (κ2) is 6.31. The number of rotatable bonds is 5. The molecule has 2 saturated heterocycles. The average Bonchev–Trinajstić information content (AvgIpc) is 3.04. The highest BCUT2D eigenvalue weighted by atomic mass is 32.2. The molecule has 0 spiro atoms. The van der Waals surface area contributed by atoms with Crippen molar-refractivity contribution in [1.29, 1.82) is 0 Å². The molecule has 0 bridgehead atoms. The van der Waals surface area contributed by atoms with Gasteiger partial charge >= 0.3 is 0 Å². The molecule has 22 heavy (non-hydrogen) atoms.